The van der Waals surface area contributed by atoms with Crippen LogP contribution in [-0.2, 0) is 16.0 Å². The van der Waals surface area contributed by atoms with E-state index in [4.69, 9.17) is 0 Å². The standard InChI is InChI=1S/C18H25NO3/c1-14-8-10-15(11-9-14)6-5-7-16(20)19-18(17(21)22)12-3-2-4-13-18/h8-11H,2-7,12-13H2,1H3,(H,19,20)(H,21,22). The number of hydrogen-bond donors (Lipinski definition) is 2. The van der Waals surface area contributed by atoms with Crippen molar-refractivity contribution in [2.24, 2.45) is 0 Å². The van der Waals surface area contributed by atoms with Gasteiger partial charge in [0.1, 0.15) is 5.54 Å². The summed E-state index contributed by atoms with van der Waals surface area (Å²) in [6.07, 6.45) is 5.85. The molecule has 0 heterocycles. The third kappa shape index (κ3) is 4.33. The molecule has 0 saturated heterocycles. The third-order valence-corrected chi connectivity index (χ3v) is 4.49. The van der Waals surface area contributed by atoms with E-state index in [1.54, 1.807) is 0 Å². The Labute approximate surface area is 131 Å². The number of carboxylic acid groups (broad SMARTS) is 1. The minimum atomic E-state index is -1.03. The number of hydrogen-bond acceptors (Lipinski definition) is 2. The Bertz CT molecular complexity index is 516. The first-order chi connectivity index (χ1) is 10.5. The van der Waals surface area contributed by atoms with Gasteiger partial charge in [0.25, 0.3) is 0 Å². The van der Waals surface area contributed by atoms with Gasteiger partial charge in [-0.2, -0.15) is 0 Å². The SMILES string of the molecule is Cc1ccc(CCCC(=O)NC2(C(=O)O)CCCCC2)cc1. The lowest BCUT2D eigenvalue weighted by molar-refractivity contribution is -0.149. The van der Waals surface area contributed by atoms with E-state index in [-0.39, 0.29) is 5.91 Å². The summed E-state index contributed by atoms with van der Waals surface area (Å²) in [6, 6.07) is 8.29. The van der Waals surface area contributed by atoms with Crippen molar-refractivity contribution in [2.75, 3.05) is 0 Å². The fourth-order valence-electron chi connectivity index (χ4n) is 3.08. The molecule has 1 aliphatic carbocycles. The molecule has 0 radical (unpaired) electrons. The number of rotatable bonds is 6. The predicted molar refractivity (Wildman–Crippen MR) is 85.7 cm³/mol. The molecular formula is C18H25NO3. The molecular weight excluding hydrogens is 278 g/mol. The molecule has 0 atom stereocenters. The van der Waals surface area contributed by atoms with Gasteiger partial charge in [0.05, 0.1) is 0 Å². The summed E-state index contributed by atoms with van der Waals surface area (Å²) in [7, 11) is 0. The summed E-state index contributed by atoms with van der Waals surface area (Å²) in [4.78, 5) is 23.6. The molecule has 0 unspecified atom stereocenters. The molecule has 2 N–H and O–H groups in total. The zero-order valence-corrected chi connectivity index (χ0v) is 13.2. The smallest absolute Gasteiger partial charge is 0.329 e. The normalized spacial score (nSPS) is 17.0. The van der Waals surface area contributed by atoms with Gasteiger partial charge in [-0.25, -0.2) is 4.79 Å². The first-order valence-electron chi connectivity index (χ1n) is 8.12. The van der Waals surface area contributed by atoms with Crippen LogP contribution in [0.3, 0.4) is 0 Å². The van der Waals surface area contributed by atoms with Gasteiger partial charge < -0.3 is 10.4 Å². The van der Waals surface area contributed by atoms with Crippen LogP contribution >= 0.6 is 0 Å². The van der Waals surface area contributed by atoms with Crippen LogP contribution in [0, 0.1) is 6.92 Å². The van der Waals surface area contributed by atoms with E-state index in [0.29, 0.717) is 19.3 Å². The number of aliphatic carboxylic acids is 1. The molecule has 1 saturated carbocycles. The Morgan fingerprint density at radius 2 is 1.77 bits per heavy atom. The van der Waals surface area contributed by atoms with Crippen molar-refractivity contribution in [3.63, 3.8) is 0 Å². The summed E-state index contributed by atoms with van der Waals surface area (Å²) < 4.78 is 0. The van der Waals surface area contributed by atoms with Gasteiger partial charge in [0.15, 0.2) is 0 Å². The number of nitrogens with one attached hydrogen (secondary N) is 1. The van der Waals surface area contributed by atoms with Gasteiger partial charge in [-0.15, -0.1) is 0 Å². The average Bonchev–Trinajstić information content (AvgIpc) is 2.50. The Kier molecular flexibility index (Phi) is 5.58. The highest BCUT2D eigenvalue weighted by molar-refractivity contribution is 5.87. The maximum atomic E-state index is 12.1. The number of carbonyl (C=O) groups is 2. The lowest BCUT2D eigenvalue weighted by Gasteiger charge is -2.34. The van der Waals surface area contributed by atoms with Crippen LogP contribution in [0.1, 0.15) is 56.1 Å². The van der Waals surface area contributed by atoms with E-state index in [1.807, 2.05) is 6.92 Å². The summed E-state index contributed by atoms with van der Waals surface area (Å²) in [5, 5.41) is 12.2. The minimum Gasteiger partial charge on any atom is -0.480 e. The molecule has 22 heavy (non-hydrogen) atoms. The highest BCUT2D eigenvalue weighted by Gasteiger charge is 2.40. The molecule has 2 rings (SSSR count). The lowest BCUT2D eigenvalue weighted by atomic mass is 9.81. The van der Waals surface area contributed by atoms with Gasteiger partial charge in [0.2, 0.25) is 5.91 Å². The zero-order valence-electron chi connectivity index (χ0n) is 13.2. The number of carboxylic acids is 1. The van der Waals surface area contributed by atoms with Gasteiger partial charge in [-0.1, -0.05) is 49.1 Å². The van der Waals surface area contributed by atoms with Gasteiger partial charge in [0, 0.05) is 6.42 Å². The zero-order chi connectivity index (χ0) is 16.0. The molecule has 1 aromatic carbocycles. The minimum absolute atomic E-state index is 0.142. The van der Waals surface area contributed by atoms with Crippen molar-refractivity contribution in [3.05, 3.63) is 35.4 Å². The van der Waals surface area contributed by atoms with Crippen LogP contribution < -0.4 is 5.32 Å². The van der Waals surface area contributed by atoms with Crippen LogP contribution in [0.25, 0.3) is 0 Å². The van der Waals surface area contributed by atoms with Crippen molar-refractivity contribution < 1.29 is 14.7 Å². The Morgan fingerprint density at radius 3 is 2.36 bits per heavy atom. The highest BCUT2D eigenvalue weighted by Crippen LogP contribution is 2.28. The number of benzene rings is 1. The van der Waals surface area contributed by atoms with Crippen molar-refractivity contribution in [1.29, 1.82) is 0 Å². The molecule has 0 aromatic heterocycles. The summed E-state index contributed by atoms with van der Waals surface area (Å²) in [5.41, 5.74) is 1.41. The maximum absolute atomic E-state index is 12.1. The van der Waals surface area contributed by atoms with Gasteiger partial charge in [-0.05, 0) is 38.2 Å². The predicted octanol–water partition coefficient (Wildman–Crippen LogP) is 3.22. The van der Waals surface area contributed by atoms with Crippen LogP contribution in [0.15, 0.2) is 24.3 Å². The summed E-state index contributed by atoms with van der Waals surface area (Å²) in [6.45, 7) is 2.05. The molecule has 0 aliphatic heterocycles. The summed E-state index contributed by atoms with van der Waals surface area (Å²) >= 11 is 0. The highest BCUT2D eigenvalue weighted by atomic mass is 16.4. The van der Waals surface area contributed by atoms with Crippen molar-refractivity contribution in [2.45, 2.75) is 63.8 Å². The molecule has 120 valence electrons. The molecule has 1 fully saturated rings. The summed E-state index contributed by atoms with van der Waals surface area (Å²) in [5.74, 6) is -1.03. The molecule has 0 bridgehead atoms. The van der Waals surface area contributed by atoms with E-state index in [9.17, 15) is 14.7 Å². The monoisotopic (exact) mass is 303 g/mol. The lowest BCUT2D eigenvalue weighted by Crippen LogP contribution is -2.55. The molecule has 0 spiro atoms. The number of aryl methyl sites for hydroxylation is 2. The van der Waals surface area contributed by atoms with Crippen LogP contribution in [0.5, 0.6) is 0 Å². The first-order valence-corrected chi connectivity index (χ1v) is 8.12. The Hall–Kier alpha value is -1.84. The van der Waals surface area contributed by atoms with Crippen LogP contribution in [0.4, 0.5) is 0 Å². The largest absolute Gasteiger partial charge is 0.480 e. The molecule has 1 aromatic rings. The van der Waals surface area contributed by atoms with E-state index in [2.05, 4.69) is 29.6 Å². The molecule has 1 amide bonds. The van der Waals surface area contributed by atoms with E-state index in [0.717, 1.165) is 32.1 Å². The molecule has 4 nitrogen and oxygen atoms in total. The first kappa shape index (κ1) is 16.5. The van der Waals surface area contributed by atoms with E-state index in [1.165, 1.54) is 11.1 Å². The van der Waals surface area contributed by atoms with Gasteiger partial charge >= 0.3 is 5.97 Å². The third-order valence-electron chi connectivity index (χ3n) is 4.49. The molecule has 1 aliphatic rings. The van der Waals surface area contributed by atoms with E-state index >= 15 is 0 Å². The fraction of sp³-hybridized carbons (Fsp3) is 0.556. The average molecular weight is 303 g/mol. The van der Waals surface area contributed by atoms with Crippen LogP contribution in [0.2, 0.25) is 0 Å². The van der Waals surface area contributed by atoms with E-state index < -0.39 is 11.5 Å². The maximum Gasteiger partial charge on any atom is 0.329 e. The number of amides is 1. The molecule has 4 heteroatoms. The Balaban J connectivity index is 1.81. The van der Waals surface area contributed by atoms with Gasteiger partial charge in [-0.3, -0.25) is 4.79 Å². The number of carbonyl (C=O) groups excluding carboxylic acids is 1. The second-order valence-electron chi connectivity index (χ2n) is 6.34. The second-order valence-corrected chi connectivity index (χ2v) is 6.34. The van der Waals surface area contributed by atoms with Crippen molar-refractivity contribution >= 4 is 11.9 Å². The van der Waals surface area contributed by atoms with Crippen molar-refractivity contribution in [3.8, 4) is 0 Å². The van der Waals surface area contributed by atoms with Crippen molar-refractivity contribution in [1.82, 2.24) is 5.32 Å². The topological polar surface area (TPSA) is 66.4 Å². The quantitative estimate of drug-likeness (QED) is 0.848. The fourth-order valence-corrected chi connectivity index (χ4v) is 3.08. The Morgan fingerprint density at radius 1 is 1.14 bits per heavy atom. The van der Waals surface area contributed by atoms with Crippen LogP contribution in [-0.4, -0.2) is 22.5 Å². The second kappa shape index (κ2) is 7.43.